The molecule has 0 saturated heterocycles. The molecule has 2 aliphatic rings. The minimum absolute atomic E-state index is 0.0859. The standard InChI is InChI=1S/C25H32N2O4S/c1-4-14-27(15-5-2)32(29,30)17-12-13-22-21(16-17)18-8-6-9-19(18)24(26-22)20-10-7-11-23(31-3)25(20)28/h6-8,10-13,16,18-19,24,26,28H,4-5,9,14-15H2,1-3H3. The molecule has 6 nitrogen and oxygen atoms in total. The maximum Gasteiger partial charge on any atom is 0.243 e. The van der Waals surface area contributed by atoms with Gasteiger partial charge in [-0.05, 0) is 55.0 Å². The van der Waals surface area contributed by atoms with Crippen molar-refractivity contribution in [3.8, 4) is 11.5 Å². The molecule has 0 bridgehead atoms. The van der Waals surface area contributed by atoms with Crippen LogP contribution in [0.5, 0.6) is 11.5 Å². The Morgan fingerprint density at radius 3 is 2.56 bits per heavy atom. The summed E-state index contributed by atoms with van der Waals surface area (Å²) in [5.41, 5.74) is 2.69. The highest BCUT2D eigenvalue weighted by Crippen LogP contribution is 2.52. The summed E-state index contributed by atoms with van der Waals surface area (Å²) in [6, 6.07) is 10.8. The number of sulfonamides is 1. The number of fused-ring (bicyclic) bond motifs is 3. The first-order valence-corrected chi connectivity index (χ1v) is 12.8. The SMILES string of the molecule is CCCN(CCC)S(=O)(=O)c1ccc2c(c1)C1C=CCC1C(c1cccc(OC)c1O)N2. The number of hydrogen-bond acceptors (Lipinski definition) is 5. The number of rotatable bonds is 8. The van der Waals surface area contributed by atoms with E-state index in [0.29, 0.717) is 23.7 Å². The number of phenolic OH excluding ortho intramolecular Hbond substituents is 1. The fraction of sp³-hybridized carbons (Fsp3) is 0.440. The lowest BCUT2D eigenvalue weighted by molar-refractivity contribution is 0.358. The van der Waals surface area contributed by atoms with Crippen LogP contribution in [0.25, 0.3) is 0 Å². The zero-order valence-corrected chi connectivity index (χ0v) is 19.7. The molecule has 3 unspecified atom stereocenters. The molecule has 2 aromatic rings. The Morgan fingerprint density at radius 1 is 1.12 bits per heavy atom. The van der Waals surface area contributed by atoms with E-state index in [2.05, 4.69) is 17.5 Å². The molecule has 0 aromatic heterocycles. The van der Waals surface area contributed by atoms with Gasteiger partial charge in [0.15, 0.2) is 11.5 Å². The fourth-order valence-corrected chi connectivity index (χ4v) is 6.66. The molecule has 0 fully saturated rings. The molecule has 32 heavy (non-hydrogen) atoms. The van der Waals surface area contributed by atoms with Gasteiger partial charge in [0.2, 0.25) is 10.0 Å². The molecule has 1 heterocycles. The molecule has 2 N–H and O–H groups in total. The molecule has 172 valence electrons. The second-order valence-corrected chi connectivity index (χ2v) is 10.5. The lowest BCUT2D eigenvalue weighted by atomic mass is 9.77. The molecule has 0 amide bonds. The Bertz CT molecular complexity index is 1110. The van der Waals surface area contributed by atoms with Crippen molar-refractivity contribution < 1.29 is 18.3 Å². The van der Waals surface area contributed by atoms with E-state index in [9.17, 15) is 13.5 Å². The summed E-state index contributed by atoms with van der Waals surface area (Å²) in [6.07, 6.45) is 6.74. The van der Waals surface area contributed by atoms with Gasteiger partial charge in [-0.2, -0.15) is 4.31 Å². The van der Waals surface area contributed by atoms with Gasteiger partial charge in [-0.25, -0.2) is 8.42 Å². The largest absolute Gasteiger partial charge is 0.504 e. The Labute approximate surface area is 191 Å². The van der Waals surface area contributed by atoms with E-state index in [1.54, 1.807) is 23.5 Å². The second kappa shape index (κ2) is 9.16. The van der Waals surface area contributed by atoms with Crippen LogP contribution in [0, 0.1) is 5.92 Å². The zero-order valence-electron chi connectivity index (χ0n) is 18.9. The van der Waals surface area contributed by atoms with Gasteiger partial charge >= 0.3 is 0 Å². The second-order valence-electron chi connectivity index (χ2n) is 8.53. The predicted octanol–water partition coefficient (Wildman–Crippen LogP) is 5.04. The highest BCUT2D eigenvalue weighted by molar-refractivity contribution is 7.89. The molecule has 4 rings (SSSR count). The fourth-order valence-electron chi connectivity index (χ4n) is 5.00. The average Bonchev–Trinajstić information content (AvgIpc) is 3.29. The number of aromatic hydroxyl groups is 1. The van der Waals surface area contributed by atoms with Crippen molar-refractivity contribution in [2.45, 2.75) is 50.0 Å². The predicted molar refractivity (Wildman–Crippen MR) is 127 cm³/mol. The number of para-hydroxylation sites is 1. The summed E-state index contributed by atoms with van der Waals surface area (Å²) >= 11 is 0. The number of phenols is 1. The van der Waals surface area contributed by atoms with Gasteiger partial charge in [0.05, 0.1) is 18.0 Å². The molecule has 0 radical (unpaired) electrons. The number of anilines is 1. The number of nitrogens with zero attached hydrogens (tertiary/aromatic N) is 1. The third-order valence-corrected chi connectivity index (χ3v) is 8.40. The van der Waals surface area contributed by atoms with Crippen molar-refractivity contribution in [2.24, 2.45) is 5.92 Å². The van der Waals surface area contributed by atoms with E-state index in [0.717, 1.165) is 36.1 Å². The van der Waals surface area contributed by atoms with E-state index >= 15 is 0 Å². The minimum Gasteiger partial charge on any atom is -0.504 e. The van der Waals surface area contributed by atoms with E-state index in [4.69, 9.17) is 4.74 Å². The molecule has 0 saturated carbocycles. The molecular weight excluding hydrogens is 424 g/mol. The highest BCUT2D eigenvalue weighted by Gasteiger charge is 2.40. The van der Waals surface area contributed by atoms with Gasteiger partial charge in [0, 0.05) is 30.3 Å². The van der Waals surface area contributed by atoms with Crippen LogP contribution in [0.1, 0.15) is 56.2 Å². The number of hydrogen-bond donors (Lipinski definition) is 2. The Hall–Kier alpha value is -2.51. The van der Waals surface area contributed by atoms with Gasteiger partial charge < -0.3 is 15.2 Å². The molecule has 3 atom stereocenters. The van der Waals surface area contributed by atoms with Crippen LogP contribution < -0.4 is 10.1 Å². The van der Waals surface area contributed by atoms with Crippen molar-refractivity contribution in [2.75, 3.05) is 25.5 Å². The van der Waals surface area contributed by atoms with Crippen molar-refractivity contribution in [3.05, 3.63) is 59.7 Å². The van der Waals surface area contributed by atoms with Crippen molar-refractivity contribution >= 4 is 15.7 Å². The minimum atomic E-state index is -3.54. The number of nitrogens with one attached hydrogen (secondary N) is 1. The average molecular weight is 457 g/mol. The van der Waals surface area contributed by atoms with Gasteiger partial charge in [0.1, 0.15) is 0 Å². The third-order valence-electron chi connectivity index (χ3n) is 6.50. The van der Waals surface area contributed by atoms with Crippen LogP contribution in [-0.2, 0) is 10.0 Å². The van der Waals surface area contributed by atoms with Crippen LogP contribution in [0.3, 0.4) is 0 Å². The van der Waals surface area contributed by atoms with Crippen LogP contribution in [0.15, 0.2) is 53.4 Å². The zero-order chi connectivity index (χ0) is 22.9. The van der Waals surface area contributed by atoms with Gasteiger partial charge in [-0.3, -0.25) is 0 Å². The molecular formula is C25H32N2O4S. The third kappa shape index (κ3) is 3.88. The van der Waals surface area contributed by atoms with Gasteiger partial charge in [-0.1, -0.05) is 38.1 Å². The van der Waals surface area contributed by atoms with E-state index in [-0.39, 0.29) is 23.6 Å². The van der Waals surface area contributed by atoms with Gasteiger partial charge in [0.25, 0.3) is 0 Å². The van der Waals surface area contributed by atoms with E-state index in [1.165, 1.54) is 0 Å². The van der Waals surface area contributed by atoms with Crippen LogP contribution in [-0.4, -0.2) is 38.0 Å². The van der Waals surface area contributed by atoms with Crippen molar-refractivity contribution in [3.63, 3.8) is 0 Å². The van der Waals surface area contributed by atoms with Crippen LogP contribution in [0.2, 0.25) is 0 Å². The number of ether oxygens (including phenoxy) is 1. The maximum atomic E-state index is 13.3. The first-order chi connectivity index (χ1) is 15.4. The number of allylic oxidation sites excluding steroid dienone is 2. The monoisotopic (exact) mass is 456 g/mol. The summed E-state index contributed by atoms with van der Waals surface area (Å²) in [4.78, 5) is 0.349. The quantitative estimate of drug-likeness (QED) is 0.544. The lowest BCUT2D eigenvalue weighted by Gasteiger charge is -2.38. The lowest BCUT2D eigenvalue weighted by Crippen LogP contribution is -2.33. The first-order valence-electron chi connectivity index (χ1n) is 11.4. The smallest absolute Gasteiger partial charge is 0.243 e. The molecule has 1 aliphatic carbocycles. The Balaban J connectivity index is 1.73. The normalized spacial score (nSPS) is 21.8. The number of methoxy groups -OCH3 is 1. The summed E-state index contributed by atoms with van der Waals surface area (Å²) in [5.74, 6) is 0.866. The summed E-state index contributed by atoms with van der Waals surface area (Å²) in [6.45, 7) is 5.04. The van der Waals surface area contributed by atoms with Crippen molar-refractivity contribution in [1.29, 1.82) is 0 Å². The van der Waals surface area contributed by atoms with Crippen molar-refractivity contribution in [1.82, 2.24) is 4.31 Å². The van der Waals surface area contributed by atoms with E-state index < -0.39 is 10.0 Å². The van der Waals surface area contributed by atoms with Gasteiger partial charge in [-0.15, -0.1) is 0 Å². The Kier molecular flexibility index (Phi) is 6.49. The summed E-state index contributed by atoms with van der Waals surface area (Å²) in [5, 5.41) is 14.3. The summed E-state index contributed by atoms with van der Waals surface area (Å²) in [7, 11) is -2.00. The highest BCUT2D eigenvalue weighted by atomic mass is 32.2. The van der Waals surface area contributed by atoms with Crippen LogP contribution in [0.4, 0.5) is 5.69 Å². The molecule has 7 heteroatoms. The molecule has 0 spiro atoms. The number of benzene rings is 2. The molecule has 2 aromatic carbocycles. The first kappa shape index (κ1) is 22.7. The molecule has 1 aliphatic heterocycles. The topological polar surface area (TPSA) is 78.9 Å². The van der Waals surface area contributed by atoms with E-state index in [1.807, 2.05) is 38.1 Å². The van der Waals surface area contributed by atoms with Crippen LogP contribution >= 0.6 is 0 Å². The Morgan fingerprint density at radius 2 is 1.88 bits per heavy atom. The summed E-state index contributed by atoms with van der Waals surface area (Å²) < 4.78 is 33.6. The maximum absolute atomic E-state index is 13.3.